The minimum atomic E-state index is -0.494. The Bertz CT molecular complexity index is 685. The Kier molecular flexibility index (Phi) is 5.35. The van der Waals surface area contributed by atoms with Gasteiger partial charge in [0.2, 0.25) is 0 Å². The highest BCUT2D eigenvalue weighted by atomic mass is 19.1. The maximum Gasteiger partial charge on any atom is 0.258 e. The molecule has 0 unspecified atom stereocenters. The molecule has 8 heteroatoms. The van der Waals surface area contributed by atoms with Crippen LogP contribution in [0.3, 0.4) is 0 Å². The first-order valence-corrected chi connectivity index (χ1v) is 8.15. The van der Waals surface area contributed by atoms with Gasteiger partial charge in [-0.3, -0.25) is 4.79 Å². The molecule has 0 spiro atoms. The Labute approximate surface area is 139 Å². The standard InChI is InChI=1S/C16H20FN5O2/c17-13-8-4-5-9-14(13)24-11-16(23)18-10-15-19-20-21-22(15)12-6-2-1-3-7-12/h4-5,8-9,12H,1-3,6-7,10-11H2,(H,18,23). The van der Waals surface area contributed by atoms with Gasteiger partial charge in [-0.15, -0.1) is 5.10 Å². The Hall–Kier alpha value is -2.51. The number of rotatable bonds is 6. The number of halogens is 1. The van der Waals surface area contributed by atoms with E-state index in [9.17, 15) is 9.18 Å². The lowest BCUT2D eigenvalue weighted by Crippen LogP contribution is -2.30. The SMILES string of the molecule is O=C(COc1ccccc1F)NCc1nnnn1C1CCCCC1. The fourth-order valence-electron chi connectivity index (χ4n) is 2.87. The van der Waals surface area contributed by atoms with E-state index in [2.05, 4.69) is 20.8 Å². The van der Waals surface area contributed by atoms with Crippen LogP contribution in [0.25, 0.3) is 0 Å². The number of hydrogen-bond donors (Lipinski definition) is 1. The Morgan fingerprint density at radius 1 is 1.29 bits per heavy atom. The highest BCUT2D eigenvalue weighted by Gasteiger charge is 2.20. The van der Waals surface area contributed by atoms with E-state index in [0.717, 1.165) is 12.8 Å². The van der Waals surface area contributed by atoms with Crippen LogP contribution >= 0.6 is 0 Å². The van der Waals surface area contributed by atoms with Crippen LogP contribution in [0, 0.1) is 5.82 Å². The van der Waals surface area contributed by atoms with E-state index in [4.69, 9.17) is 4.74 Å². The van der Waals surface area contributed by atoms with Crippen LogP contribution in [-0.2, 0) is 11.3 Å². The average molecular weight is 333 g/mol. The maximum absolute atomic E-state index is 13.4. The molecule has 24 heavy (non-hydrogen) atoms. The third-order valence-electron chi connectivity index (χ3n) is 4.12. The molecule has 0 saturated heterocycles. The van der Waals surface area contributed by atoms with E-state index >= 15 is 0 Å². The minimum absolute atomic E-state index is 0.0553. The number of nitrogens with zero attached hydrogens (tertiary/aromatic N) is 4. The van der Waals surface area contributed by atoms with Crippen molar-refractivity contribution in [1.29, 1.82) is 0 Å². The second kappa shape index (κ2) is 7.85. The fraction of sp³-hybridized carbons (Fsp3) is 0.500. The van der Waals surface area contributed by atoms with Crippen molar-refractivity contribution < 1.29 is 13.9 Å². The molecular weight excluding hydrogens is 313 g/mol. The molecule has 3 rings (SSSR count). The lowest BCUT2D eigenvalue weighted by atomic mass is 9.96. The molecule has 128 valence electrons. The summed E-state index contributed by atoms with van der Waals surface area (Å²) in [5.74, 6) is -0.163. The van der Waals surface area contributed by atoms with Crippen molar-refractivity contribution >= 4 is 5.91 Å². The van der Waals surface area contributed by atoms with Crippen molar-refractivity contribution in [3.63, 3.8) is 0 Å². The number of aromatic nitrogens is 4. The van der Waals surface area contributed by atoms with E-state index in [1.807, 2.05) is 0 Å². The number of amides is 1. The van der Waals surface area contributed by atoms with E-state index in [-0.39, 0.29) is 24.8 Å². The molecule has 1 heterocycles. The molecule has 2 aromatic rings. The molecule has 1 fully saturated rings. The molecule has 1 aliphatic carbocycles. The second-order valence-corrected chi connectivity index (χ2v) is 5.83. The summed E-state index contributed by atoms with van der Waals surface area (Å²) in [5.41, 5.74) is 0. The molecule has 1 saturated carbocycles. The van der Waals surface area contributed by atoms with Gasteiger partial charge in [0.1, 0.15) is 0 Å². The summed E-state index contributed by atoms with van der Waals surface area (Å²) in [6.07, 6.45) is 5.71. The summed E-state index contributed by atoms with van der Waals surface area (Å²) in [6.45, 7) is -0.0328. The molecule has 7 nitrogen and oxygen atoms in total. The summed E-state index contributed by atoms with van der Waals surface area (Å²) in [4.78, 5) is 11.9. The molecule has 1 aromatic heterocycles. The van der Waals surface area contributed by atoms with Crippen molar-refractivity contribution in [3.05, 3.63) is 35.9 Å². The molecule has 1 amide bonds. The van der Waals surface area contributed by atoms with Crippen LogP contribution in [0.5, 0.6) is 5.75 Å². The third kappa shape index (κ3) is 4.06. The van der Waals surface area contributed by atoms with Crippen molar-refractivity contribution in [2.75, 3.05) is 6.61 Å². The number of hydrogen-bond acceptors (Lipinski definition) is 5. The molecular formula is C16H20FN5O2. The first kappa shape index (κ1) is 16.4. The van der Waals surface area contributed by atoms with Crippen molar-refractivity contribution in [2.45, 2.75) is 44.7 Å². The lowest BCUT2D eigenvalue weighted by molar-refractivity contribution is -0.123. The van der Waals surface area contributed by atoms with Gasteiger partial charge in [-0.2, -0.15) is 0 Å². The molecule has 1 aliphatic rings. The number of para-hydroxylation sites is 1. The first-order valence-electron chi connectivity index (χ1n) is 8.15. The zero-order chi connectivity index (χ0) is 16.8. The summed E-state index contributed by atoms with van der Waals surface area (Å²) in [7, 11) is 0. The zero-order valence-corrected chi connectivity index (χ0v) is 13.3. The highest BCUT2D eigenvalue weighted by molar-refractivity contribution is 5.77. The minimum Gasteiger partial charge on any atom is -0.481 e. The summed E-state index contributed by atoms with van der Waals surface area (Å²) >= 11 is 0. The van der Waals surface area contributed by atoms with Crippen LogP contribution in [-0.4, -0.2) is 32.7 Å². The zero-order valence-electron chi connectivity index (χ0n) is 13.3. The monoisotopic (exact) mass is 333 g/mol. The van der Waals surface area contributed by atoms with Gasteiger partial charge in [0.15, 0.2) is 24.0 Å². The Morgan fingerprint density at radius 3 is 2.88 bits per heavy atom. The largest absolute Gasteiger partial charge is 0.481 e. The van der Waals surface area contributed by atoms with E-state index < -0.39 is 5.82 Å². The van der Waals surface area contributed by atoms with Crippen molar-refractivity contribution in [3.8, 4) is 5.75 Å². The third-order valence-corrected chi connectivity index (χ3v) is 4.12. The van der Waals surface area contributed by atoms with Crippen LogP contribution < -0.4 is 10.1 Å². The summed E-state index contributed by atoms with van der Waals surface area (Å²) < 4.78 is 20.4. The molecule has 1 N–H and O–H groups in total. The van der Waals surface area contributed by atoms with Crippen molar-refractivity contribution in [1.82, 2.24) is 25.5 Å². The van der Waals surface area contributed by atoms with Crippen LogP contribution in [0.2, 0.25) is 0 Å². The van der Waals surface area contributed by atoms with E-state index in [1.165, 1.54) is 31.4 Å². The Balaban J connectivity index is 1.50. The normalized spacial score (nSPS) is 15.2. The highest BCUT2D eigenvalue weighted by Crippen LogP contribution is 2.27. The predicted octanol–water partition coefficient (Wildman–Crippen LogP) is 2.01. The first-order chi connectivity index (χ1) is 11.7. The number of carbonyl (C=O) groups is 1. The van der Waals surface area contributed by atoms with Gasteiger partial charge in [0.25, 0.3) is 5.91 Å². The van der Waals surface area contributed by atoms with Gasteiger partial charge in [-0.25, -0.2) is 9.07 Å². The fourth-order valence-corrected chi connectivity index (χ4v) is 2.87. The average Bonchev–Trinajstić information content (AvgIpc) is 3.08. The molecule has 1 aromatic carbocycles. The number of nitrogens with one attached hydrogen (secondary N) is 1. The molecule has 0 aliphatic heterocycles. The topological polar surface area (TPSA) is 81.9 Å². The smallest absolute Gasteiger partial charge is 0.258 e. The number of benzene rings is 1. The van der Waals surface area contributed by atoms with Gasteiger partial charge >= 0.3 is 0 Å². The van der Waals surface area contributed by atoms with Crippen LogP contribution in [0.1, 0.15) is 44.0 Å². The summed E-state index contributed by atoms with van der Waals surface area (Å²) in [6, 6.07) is 6.27. The quantitative estimate of drug-likeness (QED) is 0.874. The Morgan fingerprint density at radius 2 is 2.08 bits per heavy atom. The molecule has 0 bridgehead atoms. The maximum atomic E-state index is 13.4. The van der Waals surface area contributed by atoms with Crippen LogP contribution in [0.15, 0.2) is 24.3 Å². The summed E-state index contributed by atoms with van der Waals surface area (Å²) in [5, 5.41) is 14.4. The second-order valence-electron chi connectivity index (χ2n) is 5.83. The number of ether oxygens (including phenoxy) is 1. The van der Waals surface area contributed by atoms with Gasteiger partial charge in [-0.05, 0) is 35.4 Å². The van der Waals surface area contributed by atoms with Crippen molar-refractivity contribution in [2.24, 2.45) is 0 Å². The van der Waals surface area contributed by atoms with E-state index in [0.29, 0.717) is 11.9 Å². The van der Waals surface area contributed by atoms with Crippen LogP contribution in [0.4, 0.5) is 4.39 Å². The molecule has 0 atom stereocenters. The number of tetrazole rings is 1. The lowest BCUT2D eigenvalue weighted by Gasteiger charge is -2.22. The van der Waals surface area contributed by atoms with Gasteiger partial charge in [0, 0.05) is 0 Å². The van der Waals surface area contributed by atoms with Gasteiger partial charge < -0.3 is 10.1 Å². The predicted molar refractivity (Wildman–Crippen MR) is 83.7 cm³/mol. The van der Waals surface area contributed by atoms with E-state index in [1.54, 1.807) is 16.8 Å². The molecule has 0 radical (unpaired) electrons. The van der Waals surface area contributed by atoms with Gasteiger partial charge in [-0.1, -0.05) is 31.4 Å². The van der Waals surface area contributed by atoms with Gasteiger partial charge in [0.05, 0.1) is 12.6 Å². The number of carbonyl (C=O) groups excluding carboxylic acids is 1.